The minimum absolute atomic E-state index is 0.445. The third-order valence-electron chi connectivity index (χ3n) is 4.13. The van der Waals surface area contributed by atoms with E-state index in [1.54, 1.807) is 7.11 Å². The fraction of sp³-hybridized carbons (Fsp3) is 0.562. The third-order valence-corrected chi connectivity index (χ3v) is 4.13. The Morgan fingerprint density at radius 3 is 2.83 bits per heavy atom. The molecule has 7 heteroatoms. The average molecular weight is 317 g/mol. The Kier molecular flexibility index (Phi) is 4.88. The molecule has 23 heavy (non-hydrogen) atoms. The molecule has 0 saturated carbocycles. The Hall–Kier alpha value is -1.99. The van der Waals surface area contributed by atoms with Crippen molar-refractivity contribution in [3.8, 4) is 5.88 Å². The molecule has 0 amide bonds. The molecule has 0 spiro atoms. The average Bonchev–Trinajstić information content (AvgIpc) is 2.95. The molecule has 0 bridgehead atoms. The topological polar surface area (TPSA) is 67.5 Å². The van der Waals surface area contributed by atoms with Gasteiger partial charge in [0, 0.05) is 45.2 Å². The van der Waals surface area contributed by atoms with E-state index in [1.165, 1.54) is 0 Å². The molecule has 1 atom stereocenters. The zero-order valence-corrected chi connectivity index (χ0v) is 13.9. The zero-order valence-electron chi connectivity index (χ0n) is 13.9. The van der Waals surface area contributed by atoms with Crippen LogP contribution in [0.2, 0.25) is 0 Å². The summed E-state index contributed by atoms with van der Waals surface area (Å²) in [5.41, 5.74) is 1.04. The lowest BCUT2D eigenvalue weighted by molar-refractivity contribution is 0.0670. The van der Waals surface area contributed by atoms with Crippen LogP contribution in [0.15, 0.2) is 22.6 Å². The van der Waals surface area contributed by atoms with Crippen LogP contribution in [0, 0.1) is 6.92 Å². The fourth-order valence-corrected chi connectivity index (χ4v) is 2.91. The molecule has 7 nitrogen and oxygen atoms in total. The molecule has 1 saturated heterocycles. The van der Waals surface area contributed by atoms with Gasteiger partial charge in [-0.25, -0.2) is 4.98 Å². The number of hydrogen-bond acceptors (Lipinski definition) is 7. The summed E-state index contributed by atoms with van der Waals surface area (Å²) in [6, 6.07) is 6.35. The molecular formula is C16H23N5O2. The van der Waals surface area contributed by atoms with Crippen LogP contribution in [0.4, 0.5) is 0 Å². The second-order valence-electron chi connectivity index (χ2n) is 5.94. The SMILES string of the molecule is COc1cccc(CN2CCN(Cc3nnc(C)o3)CC2C)n1. The summed E-state index contributed by atoms with van der Waals surface area (Å²) < 4.78 is 10.7. The second kappa shape index (κ2) is 7.06. The summed E-state index contributed by atoms with van der Waals surface area (Å²) in [7, 11) is 1.65. The number of hydrogen-bond donors (Lipinski definition) is 0. The van der Waals surface area contributed by atoms with Gasteiger partial charge in [-0.3, -0.25) is 9.80 Å². The van der Waals surface area contributed by atoms with Crippen molar-refractivity contribution in [3.05, 3.63) is 35.7 Å². The lowest BCUT2D eigenvalue weighted by Gasteiger charge is -2.39. The lowest BCUT2D eigenvalue weighted by Crippen LogP contribution is -2.51. The van der Waals surface area contributed by atoms with Gasteiger partial charge in [-0.1, -0.05) is 6.07 Å². The molecule has 0 N–H and O–H groups in total. The monoisotopic (exact) mass is 317 g/mol. The summed E-state index contributed by atoms with van der Waals surface area (Å²) in [5.74, 6) is 1.98. The summed E-state index contributed by atoms with van der Waals surface area (Å²) in [4.78, 5) is 9.29. The van der Waals surface area contributed by atoms with E-state index in [-0.39, 0.29) is 0 Å². The van der Waals surface area contributed by atoms with Crippen molar-refractivity contribution >= 4 is 0 Å². The largest absolute Gasteiger partial charge is 0.481 e. The number of aromatic nitrogens is 3. The molecule has 3 rings (SSSR count). The Balaban J connectivity index is 1.55. The van der Waals surface area contributed by atoms with E-state index in [9.17, 15) is 0 Å². The van der Waals surface area contributed by atoms with Gasteiger partial charge < -0.3 is 9.15 Å². The molecule has 2 aromatic heterocycles. The molecule has 1 fully saturated rings. The minimum atomic E-state index is 0.445. The molecule has 124 valence electrons. The van der Waals surface area contributed by atoms with Gasteiger partial charge in [0.1, 0.15) is 0 Å². The van der Waals surface area contributed by atoms with Crippen LogP contribution >= 0.6 is 0 Å². The molecule has 2 aromatic rings. The maximum Gasteiger partial charge on any atom is 0.230 e. The summed E-state index contributed by atoms with van der Waals surface area (Å²) >= 11 is 0. The molecule has 1 unspecified atom stereocenters. The van der Waals surface area contributed by atoms with E-state index in [2.05, 4.69) is 31.9 Å². The lowest BCUT2D eigenvalue weighted by atomic mass is 10.1. The number of piperazine rings is 1. The Bertz CT molecular complexity index is 645. The van der Waals surface area contributed by atoms with E-state index in [1.807, 2.05) is 25.1 Å². The number of nitrogens with zero attached hydrogens (tertiary/aromatic N) is 5. The molecule has 1 aliphatic heterocycles. The van der Waals surface area contributed by atoms with E-state index >= 15 is 0 Å². The highest BCUT2D eigenvalue weighted by Crippen LogP contribution is 2.16. The first kappa shape index (κ1) is 15.9. The summed E-state index contributed by atoms with van der Waals surface area (Å²) in [5, 5.41) is 7.96. The van der Waals surface area contributed by atoms with Gasteiger partial charge in [-0.05, 0) is 13.0 Å². The van der Waals surface area contributed by atoms with Crippen molar-refractivity contribution < 1.29 is 9.15 Å². The highest BCUT2D eigenvalue weighted by molar-refractivity contribution is 5.15. The Labute approximate surface area is 136 Å². The normalized spacial score (nSPS) is 19.9. The summed E-state index contributed by atoms with van der Waals surface area (Å²) in [6.45, 7) is 8.57. The van der Waals surface area contributed by atoms with Crippen LogP contribution in [-0.4, -0.2) is 57.8 Å². The van der Waals surface area contributed by atoms with Gasteiger partial charge in [0.2, 0.25) is 17.7 Å². The number of methoxy groups -OCH3 is 1. The highest BCUT2D eigenvalue weighted by atomic mass is 16.5. The second-order valence-corrected chi connectivity index (χ2v) is 5.94. The number of ether oxygens (including phenoxy) is 1. The minimum Gasteiger partial charge on any atom is -0.481 e. The van der Waals surface area contributed by atoms with Crippen LogP contribution in [0.1, 0.15) is 24.4 Å². The van der Waals surface area contributed by atoms with Crippen molar-refractivity contribution in [3.63, 3.8) is 0 Å². The predicted molar refractivity (Wildman–Crippen MR) is 85.0 cm³/mol. The van der Waals surface area contributed by atoms with Gasteiger partial charge in [-0.15, -0.1) is 10.2 Å². The van der Waals surface area contributed by atoms with Crippen molar-refractivity contribution in [1.82, 2.24) is 25.0 Å². The van der Waals surface area contributed by atoms with Crippen LogP contribution < -0.4 is 4.74 Å². The number of rotatable bonds is 5. The molecule has 0 aromatic carbocycles. The molecular weight excluding hydrogens is 294 g/mol. The Morgan fingerprint density at radius 1 is 1.26 bits per heavy atom. The van der Waals surface area contributed by atoms with Crippen LogP contribution in [0.5, 0.6) is 5.88 Å². The van der Waals surface area contributed by atoms with Gasteiger partial charge in [0.15, 0.2) is 0 Å². The van der Waals surface area contributed by atoms with E-state index in [0.717, 1.165) is 38.4 Å². The molecule has 0 radical (unpaired) electrons. The van der Waals surface area contributed by atoms with Crippen molar-refractivity contribution in [2.24, 2.45) is 0 Å². The van der Waals surface area contributed by atoms with Crippen molar-refractivity contribution in [2.75, 3.05) is 26.7 Å². The number of pyridine rings is 1. The van der Waals surface area contributed by atoms with Gasteiger partial charge in [0.25, 0.3) is 0 Å². The quantitative estimate of drug-likeness (QED) is 0.827. The first-order valence-electron chi connectivity index (χ1n) is 7.89. The standard InChI is InChI=1S/C16H23N5O2/c1-12-9-20(11-16-19-18-13(2)23-16)7-8-21(12)10-14-5-4-6-15(17-14)22-3/h4-6,12H,7-11H2,1-3H3. The van der Waals surface area contributed by atoms with Crippen molar-refractivity contribution in [2.45, 2.75) is 33.0 Å². The fourth-order valence-electron chi connectivity index (χ4n) is 2.91. The first-order valence-corrected chi connectivity index (χ1v) is 7.89. The van der Waals surface area contributed by atoms with Gasteiger partial charge in [-0.2, -0.15) is 0 Å². The predicted octanol–water partition coefficient (Wildman–Crippen LogP) is 1.49. The smallest absolute Gasteiger partial charge is 0.230 e. The van der Waals surface area contributed by atoms with E-state index < -0.39 is 0 Å². The maximum atomic E-state index is 5.47. The van der Waals surface area contributed by atoms with E-state index in [0.29, 0.717) is 23.7 Å². The van der Waals surface area contributed by atoms with Crippen LogP contribution in [-0.2, 0) is 13.1 Å². The van der Waals surface area contributed by atoms with Gasteiger partial charge >= 0.3 is 0 Å². The number of aryl methyl sites for hydroxylation is 1. The highest BCUT2D eigenvalue weighted by Gasteiger charge is 2.25. The molecule has 1 aliphatic rings. The van der Waals surface area contributed by atoms with Crippen LogP contribution in [0.3, 0.4) is 0 Å². The first-order chi connectivity index (χ1) is 11.1. The zero-order chi connectivity index (χ0) is 16.2. The van der Waals surface area contributed by atoms with E-state index in [4.69, 9.17) is 9.15 Å². The molecule has 3 heterocycles. The van der Waals surface area contributed by atoms with Crippen molar-refractivity contribution in [1.29, 1.82) is 0 Å². The van der Waals surface area contributed by atoms with Gasteiger partial charge in [0.05, 0.1) is 19.3 Å². The Morgan fingerprint density at radius 2 is 2.13 bits per heavy atom. The maximum absolute atomic E-state index is 5.47. The third kappa shape index (κ3) is 4.05. The van der Waals surface area contributed by atoms with Crippen LogP contribution in [0.25, 0.3) is 0 Å². The summed E-state index contributed by atoms with van der Waals surface area (Å²) in [6.07, 6.45) is 0. The molecule has 0 aliphatic carbocycles.